The largest absolute Gasteiger partial charge is 0.130 e. The van der Waals surface area contributed by atoms with Gasteiger partial charge in [-0.05, 0) is 24.8 Å². The maximum Gasteiger partial charge on any atom is -0.0241 e. The molecule has 1 saturated carbocycles. The molecule has 0 heterocycles. The molecule has 1 fully saturated rings. The molecule has 0 spiro atoms. The summed E-state index contributed by atoms with van der Waals surface area (Å²) in [5.74, 6) is 0. The molecular formula is C6H8. The van der Waals surface area contributed by atoms with Gasteiger partial charge in [0.1, 0.15) is 0 Å². The number of hydrogen-bond donors (Lipinski definition) is 0. The van der Waals surface area contributed by atoms with E-state index in [1.807, 2.05) is 0 Å². The molecule has 0 radical (unpaired) electrons. The first-order valence-corrected chi connectivity index (χ1v) is 2.31. The van der Waals surface area contributed by atoms with E-state index in [2.05, 4.69) is 12.3 Å². The molecule has 0 saturated heterocycles. The highest BCUT2D eigenvalue weighted by Gasteiger charge is 2.04. The van der Waals surface area contributed by atoms with Crippen molar-refractivity contribution in [3.05, 3.63) is 17.9 Å². The van der Waals surface area contributed by atoms with Crippen LogP contribution in [0, 0.1) is 0 Å². The molecule has 32 valence electrons. The summed E-state index contributed by atoms with van der Waals surface area (Å²) in [6.07, 6.45) is 3.87. The molecule has 0 heteroatoms. The summed E-state index contributed by atoms with van der Waals surface area (Å²) in [5, 5.41) is 0. The van der Waals surface area contributed by atoms with Gasteiger partial charge in [0.15, 0.2) is 0 Å². The van der Waals surface area contributed by atoms with Crippen molar-refractivity contribution in [2.75, 3.05) is 0 Å². The van der Waals surface area contributed by atoms with Gasteiger partial charge in [-0.25, -0.2) is 0 Å². The minimum atomic E-state index is 1.25. The molecule has 1 aliphatic carbocycles. The van der Waals surface area contributed by atoms with Gasteiger partial charge < -0.3 is 0 Å². The molecule has 0 aliphatic heterocycles. The van der Waals surface area contributed by atoms with Crippen LogP contribution in [0.15, 0.2) is 17.9 Å². The summed E-state index contributed by atoms with van der Waals surface area (Å²) < 4.78 is 0. The van der Waals surface area contributed by atoms with E-state index >= 15 is 0 Å². The van der Waals surface area contributed by atoms with Gasteiger partial charge in [-0.3, -0.25) is 0 Å². The predicted molar refractivity (Wildman–Crippen MR) is 26.5 cm³/mol. The molecule has 0 atom stereocenters. The van der Waals surface area contributed by atoms with Crippen LogP contribution < -0.4 is 0 Å². The standard InChI is InChI=1S/C6H8/c1-2-6-4-3-5-6/h1,3-5H2. The summed E-state index contributed by atoms with van der Waals surface area (Å²) >= 11 is 0. The van der Waals surface area contributed by atoms with Crippen LogP contribution in [0.4, 0.5) is 0 Å². The van der Waals surface area contributed by atoms with E-state index in [1.54, 1.807) is 0 Å². The molecule has 0 nitrogen and oxygen atoms in total. The van der Waals surface area contributed by atoms with Crippen molar-refractivity contribution in [3.63, 3.8) is 0 Å². The van der Waals surface area contributed by atoms with Gasteiger partial charge in [0.2, 0.25) is 0 Å². The Morgan fingerprint density at radius 2 is 2.17 bits per heavy atom. The summed E-state index contributed by atoms with van der Waals surface area (Å²) in [5.41, 5.74) is 4.28. The molecule has 0 amide bonds. The zero-order valence-electron chi connectivity index (χ0n) is 3.83. The predicted octanol–water partition coefficient (Wildman–Crippen LogP) is 1.88. The number of rotatable bonds is 0. The van der Waals surface area contributed by atoms with E-state index in [0.29, 0.717) is 0 Å². The van der Waals surface area contributed by atoms with Crippen LogP contribution in [-0.4, -0.2) is 0 Å². The Hall–Kier alpha value is -0.480. The first kappa shape index (κ1) is 3.70. The second-order valence-corrected chi connectivity index (χ2v) is 1.63. The smallest absolute Gasteiger partial charge is 0.0241 e. The molecule has 1 aliphatic rings. The van der Waals surface area contributed by atoms with Crippen molar-refractivity contribution >= 4 is 0 Å². The van der Waals surface area contributed by atoms with E-state index < -0.39 is 0 Å². The summed E-state index contributed by atoms with van der Waals surface area (Å²) in [6, 6.07) is 0. The van der Waals surface area contributed by atoms with Crippen molar-refractivity contribution in [1.29, 1.82) is 0 Å². The fraction of sp³-hybridized carbons (Fsp3) is 0.500. The van der Waals surface area contributed by atoms with Crippen molar-refractivity contribution < 1.29 is 0 Å². The molecule has 6 heavy (non-hydrogen) atoms. The Bertz CT molecular complexity index is 88.6. The fourth-order valence-corrected chi connectivity index (χ4v) is 0.530. The molecule has 1 rings (SSSR count). The Kier molecular flexibility index (Phi) is 0.813. The monoisotopic (exact) mass is 80.1 g/mol. The zero-order chi connectivity index (χ0) is 4.41. The van der Waals surface area contributed by atoms with Gasteiger partial charge in [0.25, 0.3) is 0 Å². The number of hydrogen-bond acceptors (Lipinski definition) is 0. The van der Waals surface area contributed by atoms with Gasteiger partial charge >= 0.3 is 0 Å². The van der Waals surface area contributed by atoms with Crippen LogP contribution in [0.3, 0.4) is 0 Å². The minimum absolute atomic E-state index is 1.25. The van der Waals surface area contributed by atoms with Gasteiger partial charge in [0.05, 0.1) is 0 Å². The summed E-state index contributed by atoms with van der Waals surface area (Å²) in [7, 11) is 0. The molecule has 0 bridgehead atoms. The third-order valence-corrected chi connectivity index (χ3v) is 1.21. The maximum absolute atomic E-state index is 3.52. The van der Waals surface area contributed by atoms with Crippen LogP contribution in [0.1, 0.15) is 19.3 Å². The second-order valence-electron chi connectivity index (χ2n) is 1.63. The molecule has 0 aromatic heterocycles. The lowest BCUT2D eigenvalue weighted by Crippen LogP contribution is -1.93. The highest BCUT2D eigenvalue weighted by molar-refractivity contribution is 5.06. The van der Waals surface area contributed by atoms with Crippen LogP contribution >= 0.6 is 0 Å². The third kappa shape index (κ3) is 0.395. The average Bonchev–Trinajstić information content (AvgIpc) is 1.31. The first-order chi connectivity index (χ1) is 2.93. The van der Waals surface area contributed by atoms with Gasteiger partial charge in [-0.15, -0.1) is 5.73 Å². The van der Waals surface area contributed by atoms with Crippen LogP contribution in [-0.2, 0) is 0 Å². The average molecular weight is 80.1 g/mol. The molecule has 0 unspecified atom stereocenters. The lowest BCUT2D eigenvalue weighted by molar-refractivity contribution is 0.665. The molecule has 0 aromatic rings. The van der Waals surface area contributed by atoms with Crippen molar-refractivity contribution in [3.8, 4) is 0 Å². The topological polar surface area (TPSA) is 0 Å². The van der Waals surface area contributed by atoms with Crippen molar-refractivity contribution in [2.45, 2.75) is 19.3 Å². The Labute approximate surface area is 38.2 Å². The third-order valence-electron chi connectivity index (χ3n) is 1.21. The number of allylic oxidation sites excluding steroid dienone is 1. The molecule has 0 aromatic carbocycles. The lowest BCUT2D eigenvalue weighted by Gasteiger charge is -2.11. The fourth-order valence-electron chi connectivity index (χ4n) is 0.530. The van der Waals surface area contributed by atoms with E-state index in [0.717, 1.165) is 0 Å². The highest BCUT2D eigenvalue weighted by atomic mass is 14.1. The lowest BCUT2D eigenvalue weighted by atomic mass is 9.94. The van der Waals surface area contributed by atoms with Gasteiger partial charge in [-0.2, -0.15) is 0 Å². The Morgan fingerprint density at radius 3 is 2.17 bits per heavy atom. The van der Waals surface area contributed by atoms with Gasteiger partial charge in [0, 0.05) is 0 Å². The normalized spacial score (nSPS) is 19.0. The Balaban J connectivity index is 2.55. The molecule has 0 N–H and O–H groups in total. The maximum atomic E-state index is 3.52. The summed E-state index contributed by atoms with van der Waals surface area (Å²) in [4.78, 5) is 0. The van der Waals surface area contributed by atoms with Crippen molar-refractivity contribution in [1.82, 2.24) is 0 Å². The summed E-state index contributed by atoms with van der Waals surface area (Å²) in [6.45, 7) is 3.52. The van der Waals surface area contributed by atoms with E-state index in [9.17, 15) is 0 Å². The molecular weight excluding hydrogens is 72.1 g/mol. The van der Waals surface area contributed by atoms with Crippen LogP contribution in [0.2, 0.25) is 0 Å². The SMILES string of the molecule is C=C=C1CCC1. The second kappa shape index (κ2) is 1.32. The van der Waals surface area contributed by atoms with Crippen LogP contribution in [0.25, 0.3) is 0 Å². The van der Waals surface area contributed by atoms with E-state index in [4.69, 9.17) is 0 Å². The highest BCUT2D eigenvalue weighted by Crippen LogP contribution is 2.22. The minimum Gasteiger partial charge on any atom is -0.130 e. The quantitative estimate of drug-likeness (QED) is 0.390. The Morgan fingerprint density at radius 1 is 1.50 bits per heavy atom. The van der Waals surface area contributed by atoms with Gasteiger partial charge in [-0.1, -0.05) is 6.58 Å². The zero-order valence-corrected chi connectivity index (χ0v) is 3.83. The van der Waals surface area contributed by atoms with E-state index in [1.165, 1.54) is 24.8 Å². The van der Waals surface area contributed by atoms with E-state index in [-0.39, 0.29) is 0 Å². The van der Waals surface area contributed by atoms with Crippen LogP contribution in [0.5, 0.6) is 0 Å². The van der Waals surface area contributed by atoms with Crippen molar-refractivity contribution in [2.24, 2.45) is 0 Å². The first-order valence-electron chi connectivity index (χ1n) is 2.31.